The van der Waals surface area contributed by atoms with Gasteiger partial charge in [0.05, 0.1) is 4.91 Å². The first-order valence-electron chi connectivity index (χ1n) is 8.23. The van der Waals surface area contributed by atoms with Crippen molar-refractivity contribution in [3.8, 4) is 0 Å². The van der Waals surface area contributed by atoms with Crippen LogP contribution in [0.15, 0.2) is 58.3 Å². The second kappa shape index (κ2) is 8.45. The van der Waals surface area contributed by atoms with Gasteiger partial charge in [-0.15, -0.1) is 11.8 Å². The summed E-state index contributed by atoms with van der Waals surface area (Å²) in [5.41, 5.74) is 2.52. The Morgan fingerprint density at radius 3 is 2.70 bits per heavy atom. The number of imide groups is 1. The maximum absolute atomic E-state index is 12.6. The van der Waals surface area contributed by atoms with Gasteiger partial charge >= 0.3 is 0 Å². The number of benzene rings is 2. The van der Waals surface area contributed by atoms with E-state index in [2.05, 4.69) is 5.32 Å². The monoisotopic (exact) mass is 398 g/mol. The highest BCUT2D eigenvalue weighted by atomic mass is 32.2. The lowest BCUT2D eigenvalue weighted by Gasteiger charge is -2.12. The minimum atomic E-state index is -0.443. The van der Waals surface area contributed by atoms with E-state index in [-0.39, 0.29) is 6.54 Å². The second-order valence-corrected chi connectivity index (χ2v) is 7.78. The highest BCUT2D eigenvalue weighted by molar-refractivity contribution is 8.18. The van der Waals surface area contributed by atoms with Gasteiger partial charge in [0.1, 0.15) is 6.54 Å². The zero-order valence-corrected chi connectivity index (χ0v) is 16.5. The molecule has 3 rings (SSSR count). The van der Waals surface area contributed by atoms with Crippen LogP contribution in [0.1, 0.15) is 11.1 Å². The molecule has 0 saturated carbocycles. The Kier molecular flexibility index (Phi) is 6.03. The molecule has 3 amide bonds. The zero-order valence-electron chi connectivity index (χ0n) is 14.9. The fraction of sp³-hybridized carbons (Fsp3) is 0.150. The Labute approximate surface area is 166 Å². The molecule has 0 aliphatic carbocycles. The molecular formula is C20H18N2O3S2. The minimum absolute atomic E-state index is 0.306. The molecule has 1 N–H and O–H groups in total. The van der Waals surface area contributed by atoms with Gasteiger partial charge in [-0.25, -0.2) is 0 Å². The fourth-order valence-corrected chi connectivity index (χ4v) is 3.86. The molecule has 1 aliphatic rings. The van der Waals surface area contributed by atoms with Crippen molar-refractivity contribution in [1.82, 2.24) is 4.90 Å². The number of nitrogens with zero attached hydrogens (tertiary/aromatic N) is 1. The predicted molar refractivity (Wildman–Crippen MR) is 111 cm³/mol. The molecular weight excluding hydrogens is 380 g/mol. The average molecular weight is 399 g/mol. The van der Waals surface area contributed by atoms with Gasteiger partial charge in [-0.05, 0) is 60.3 Å². The van der Waals surface area contributed by atoms with E-state index in [1.165, 1.54) is 0 Å². The maximum atomic E-state index is 12.6. The third-order valence-electron chi connectivity index (χ3n) is 4.00. The van der Waals surface area contributed by atoms with E-state index in [4.69, 9.17) is 0 Å². The van der Waals surface area contributed by atoms with E-state index in [1.807, 2.05) is 55.6 Å². The van der Waals surface area contributed by atoms with E-state index in [0.717, 1.165) is 32.7 Å². The summed E-state index contributed by atoms with van der Waals surface area (Å²) in [6.45, 7) is 1.63. The molecule has 0 radical (unpaired) electrons. The van der Waals surface area contributed by atoms with Crippen LogP contribution in [0.25, 0.3) is 6.08 Å². The van der Waals surface area contributed by atoms with Gasteiger partial charge in [0.25, 0.3) is 11.1 Å². The summed E-state index contributed by atoms with van der Waals surface area (Å²) in [6.07, 6.45) is 3.64. The molecule has 27 heavy (non-hydrogen) atoms. The Balaban J connectivity index is 1.70. The van der Waals surface area contributed by atoms with Crippen LogP contribution in [0.4, 0.5) is 10.5 Å². The molecule has 7 heteroatoms. The molecule has 1 saturated heterocycles. The molecule has 1 aliphatic heterocycles. The van der Waals surface area contributed by atoms with E-state index in [0.29, 0.717) is 10.6 Å². The molecule has 0 atom stereocenters. The molecule has 0 aromatic heterocycles. The topological polar surface area (TPSA) is 66.5 Å². The van der Waals surface area contributed by atoms with Crippen molar-refractivity contribution < 1.29 is 14.4 Å². The van der Waals surface area contributed by atoms with Crippen molar-refractivity contribution in [2.75, 3.05) is 18.1 Å². The Morgan fingerprint density at radius 1 is 1.19 bits per heavy atom. The van der Waals surface area contributed by atoms with Crippen molar-refractivity contribution >= 4 is 52.3 Å². The van der Waals surface area contributed by atoms with Gasteiger partial charge in [-0.3, -0.25) is 19.3 Å². The highest BCUT2D eigenvalue weighted by Gasteiger charge is 2.36. The standard InChI is InChI=1S/C20H18N2O3S2/c1-13-6-3-4-7-14(13)10-17-19(24)22(20(25)27-17)12-18(23)21-15-8-5-9-16(11-15)26-2/h3-11H,12H2,1-2H3,(H,21,23)/b17-10+. The Hall–Kier alpha value is -2.51. The van der Waals surface area contributed by atoms with Crippen LogP contribution in [-0.2, 0) is 9.59 Å². The second-order valence-electron chi connectivity index (χ2n) is 5.90. The summed E-state index contributed by atoms with van der Waals surface area (Å²) < 4.78 is 0. The van der Waals surface area contributed by atoms with Gasteiger partial charge in [-0.2, -0.15) is 0 Å². The Bertz CT molecular complexity index is 940. The quantitative estimate of drug-likeness (QED) is 0.598. The lowest BCUT2D eigenvalue weighted by Crippen LogP contribution is -2.36. The lowest BCUT2D eigenvalue weighted by molar-refractivity contribution is -0.127. The van der Waals surface area contributed by atoms with Crippen molar-refractivity contribution in [2.45, 2.75) is 11.8 Å². The molecule has 0 unspecified atom stereocenters. The molecule has 0 spiro atoms. The third-order valence-corrected chi connectivity index (χ3v) is 5.64. The molecule has 1 heterocycles. The van der Waals surface area contributed by atoms with Crippen LogP contribution in [0.5, 0.6) is 0 Å². The molecule has 2 aromatic rings. The summed E-state index contributed by atoms with van der Waals surface area (Å²) in [7, 11) is 0. The summed E-state index contributed by atoms with van der Waals surface area (Å²) in [4.78, 5) is 39.4. The van der Waals surface area contributed by atoms with E-state index < -0.39 is 17.1 Å². The van der Waals surface area contributed by atoms with Crippen LogP contribution in [-0.4, -0.2) is 34.8 Å². The molecule has 138 valence electrons. The highest BCUT2D eigenvalue weighted by Crippen LogP contribution is 2.32. The lowest BCUT2D eigenvalue weighted by atomic mass is 10.1. The fourth-order valence-electron chi connectivity index (χ4n) is 2.57. The van der Waals surface area contributed by atoms with Gasteiger partial charge in [0, 0.05) is 10.6 Å². The summed E-state index contributed by atoms with van der Waals surface area (Å²) in [5.74, 6) is -0.853. The number of rotatable bonds is 5. The van der Waals surface area contributed by atoms with Crippen molar-refractivity contribution in [1.29, 1.82) is 0 Å². The number of hydrogen-bond acceptors (Lipinski definition) is 5. The largest absolute Gasteiger partial charge is 0.324 e. The summed E-state index contributed by atoms with van der Waals surface area (Å²) in [5, 5.41) is 2.29. The van der Waals surface area contributed by atoms with Gasteiger partial charge in [-0.1, -0.05) is 30.3 Å². The first-order chi connectivity index (χ1) is 13.0. The van der Waals surface area contributed by atoms with Crippen LogP contribution in [0.3, 0.4) is 0 Å². The number of aryl methyl sites for hydroxylation is 1. The zero-order chi connectivity index (χ0) is 19.4. The number of thioether (sulfide) groups is 2. The number of amides is 3. The number of carbonyl (C=O) groups excluding carboxylic acids is 3. The SMILES string of the molecule is CSc1cccc(NC(=O)CN2C(=O)S/C(=C/c3ccccc3C)C2=O)c1. The van der Waals surface area contributed by atoms with Crippen LogP contribution < -0.4 is 5.32 Å². The van der Waals surface area contributed by atoms with Gasteiger partial charge in [0.2, 0.25) is 5.91 Å². The summed E-state index contributed by atoms with van der Waals surface area (Å²) in [6, 6.07) is 15.0. The maximum Gasteiger partial charge on any atom is 0.294 e. The van der Waals surface area contributed by atoms with Crippen molar-refractivity contribution in [3.63, 3.8) is 0 Å². The normalized spacial score (nSPS) is 15.5. The van der Waals surface area contributed by atoms with E-state index >= 15 is 0 Å². The van der Waals surface area contributed by atoms with Gasteiger partial charge in [0.15, 0.2) is 0 Å². The molecule has 5 nitrogen and oxygen atoms in total. The van der Waals surface area contributed by atoms with Crippen molar-refractivity contribution in [2.24, 2.45) is 0 Å². The molecule has 1 fully saturated rings. The van der Waals surface area contributed by atoms with Crippen LogP contribution >= 0.6 is 23.5 Å². The molecule has 0 bridgehead atoms. The van der Waals surface area contributed by atoms with E-state index in [1.54, 1.807) is 23.9 Å². The number of carbonyl (C=O) groups is 3. The molecule has 2 aromatic carbocycles. The van der Waals surface area contributed by atoms with Crippen LogP contribution in [0.2, 0.25) is 0 Å². The van der Waals surface area contributed by atoms with Gasteiger partial charge < -0.3 is 5.32 Å². The first-order valence-corrected chi connectivity index (χ1v) is 10.3. The average Bonchev–Trinajstić information content (AvgIpc) is 2.91. The minimum Gasteiger partial charge on any atom is -0.324 e. The number of anilines is 1. The van der Waals surface area contributed by atoms with Crippen LogP contribution in [0, 0.1) is 6.92 Å². The number of nitrogens with one attached hydrogen (secondary N) is 1. The smallest absolute Gasteiger partial charge is 0.294 e. The third kappa shape index (κ3) is 4.61. The number of hydrogen-bond donors (Lipinski definition) is 1. The van der Waals surface area contributed by atoms with E-state index in [9.17, 15) is 14.4 Å². The first kappa shape index (κ1) is 19.3. The summed E-state index contributed by atoms with van der Waals surface area (Å²) >= 11 is 2.42. The predicted octanol–water partition coefficient (Wildman–Crippen LogP) is 4.39. The van der Waals surface area contributed by atoms with Crippen molar-refractivity contribution in [3.05, 3.63) is 64.6 Å². The Morgan fingerprint density at radius 2 is 1.96 bits per heavy atom.